The lowest BCUT2D eigenvalue weighted by atomic mass is 9.96. The first-order valence-electron chi connectivity index (χ1n) is 12.4. The van der Waals surface area contributed by atoms with Crippen molar-refractivity contribution in [1.29, 1.82) is 0 Å². The van der Waals surface area contributed by atoms with E-state index in [0.717, 1.165) is 55.1 Å². The maximum absolute atomic E-state index is 13.4. The van der Waals surface area contributed by atoms with Crippen LogP contribution in [0.15, 0.2) is 33.9 Å². The van der Waals surface area contributed by atoms with E-state index in [0.29, 0.717) is 32.0 Å². The van der Waals surface area contributed by atoms with Gasteiger partial charge in [-0.15, -0.1) is 0 Å². The average molecular weight is 484 g/mol. The van der Waals surface area contributed by atoms with E-state index in [1.165, 1.54) is 18.7 Å². The van der Waals surface area contributed by atoms with Crippen LogP contribution < -0.4 is 25.6 Å². The summed E-state index contributed by atoms with van der Waals surface area (Å²) in [5, 5.41) is 0. The molecule has 35 heavy (non-hydrogen) atoms. The van der Waals surface area contributed by atoms with Crippen molar-refractivity contribution < 1.29 is 14.3 Å². The van der Waals surface area contributed by atoms with Crippen LogP contribution in [-0.2, 0) is 24.9 Å². The SMILES string of the molecule is CCn1c(N2CCC[C@H](C(=O)N3CCN(Cc4ccc5c(c4)OCO5)CC3)C2)cc(=O)n(C)c1=O. The van der Waals surface area contributed by atoms with Gasteiger partial charge in [-0.05, 0) is 37.5 Å². The normalized spacial score (nSPS) is 20.3. The van der Waals surface area contributed by atoms with E-state index in [9.17, 15) is 14.4 Å². The van der Waals surface area contributed by atoms with Crippen molar-refractivity contribution in [2.24, 2.45) is 13.0 Å². The number of amides is 1. The van der Waals surface area contributed by atoms with Crippen LogP contribution in [0.4, 0.5) is 5.82 Å². The quantitative estimate of drug-likeness (QED) is 0.623. The molecule has 0 saturated carbocycles. The third kappa shape index (κ3) is 4.67. The summed E-state index contributed by atoms with van der Waals surface area (Å²) in [4.78, 5) is 44.6. The van der Waals surface area contributed by atoms with Crippen LogP contribution in [0.2, 0.25) is 0 Å². The fourth-order valence-corrected chi connectivity index (χ4v) is 5.29. The van der Waals surface area contributed by atoms with Gasteiger partial charge in [-0.2, -0.15) is 0 Å². The third-order valence-corrected chi connectivity index (χ3v) is 7.32. The van der Waals surface area contributed by atoms with Crippen LogP contribution in [0.5, 0.6) is 11.5 Å². The van der Waals surface area contributed by atoms with Gasteiger partial charge >= 0.3 is 5.69 Å². The summed E-state index contributed by atoms with van der Waals surface area (Å²) in [6.07, 6.45) is 1.68. The molecule has 188 valence electrons. The van der Waals surface area contributed by atoms with Crippen molar-refractivity contribution in [3.63, 3.8) is 0 Å². The number of aromatic nitrogens is 2. The van der Waals surface area contributed by atoms with Gasteiger partial charge in [0.1, 0.15) is 5.82 Å². The zero-order chi connectivity index (χ0) is 24.5. The highest BCUT2D eigenvalue weighted by Gasteiger charge is 2.32. The van der Waals surface area contributed by atoms with Gasteiger partial charge in [0, 0.05) is 65.5 Å². The molecule has 2 saturated heterocycles. The largest absolute Gasteiger partial charge is 0.454 e. The van der Waals surface area contributed by atoms with Crippen LogP contribution in [0, 0.1) is 5.92 Å². The van der Waals surface area contributed by atoms with Gasteiger partial charge in [-0.25, -0.2) is 4.79 Å². The summed E-state index contributed by atoms with van der Waals surface area (Å²) in [5.74, 6) is 2.24. The standard InChI is InChI=1S/C25H33N5O5/c1-3-30-22(14-23(31)26(2)25(30)33)29-8-4-5-19(16-29)24(32)28-11-9-27(10-12-28)15-18-6-7-20-21(13-18)35-17-34-20/h6-7,13-14,19H,3-5,8-12,15-17H2,1-2H3/t19-/m0/s1. The highest BCUT2D eigenvalue weighted by atomic mass is 16.7. The maximum Gasteiger partial charge on any atom is 0.332 e. The molecule has 10 heteroatoms. The molecule has 1 aromatic carbocycles. The van der Waals surface area contributed by atoms with E-state index in [4.69, 9.17) is 9.47 Å². The minimum atomic E-state index is -0.318. The third-order valence-electron chi connectivity index (χ3n) is 7.32. The van der Waals surface area contributed by atoms with Gasteiger partial charge in [0.2, 0.25) is 12.7 Å². The first kappa shape index (κ1) is 23.5. The first-order valence-corrected chi connectivity index (χ1v) is 12.4. The number of hydrogen-bond acceptors (Lipinski definition) is 7. The minimum Gasteiger partial charge on any atom is -0.454 e. The predicted octanol–water partition coefficient (Wildman–Crippen LogP) is 0.856. The Morgan fingerprint density at radius 3 is 2.57 bits per heavy atom. The topological polar surface area (TPSA) is 89.2 Å². The Bertz CT molecular complexity index is 1210. The number of anilines is 1. The van der Waals surface area contributed by atoms with Gasteiger partial charge in [0.15, 0.2) is 11.5 Å². The molecule has 10 nitrogen and oxygen atoms in total. The van der Waals surface area contributed by atoms with Gasteiger partial charge in [-0.3, -0.25) is 23.6 Å². The fourth-order valence-electron chi connectivity index (χ4n) is 5.29. The number of hydrogen-bond donors (Lipinski definition) is 0. The second kappa shape index (κ2) is 9.77. The lowest BCUT2D eigenvalue weighted by Crippen LogP contribution is -2.53. The molecule has 0 bridgehead atoms. The molecule has 1 atom stereocenters. The average Bonchev–Trinajstić information content (AvgIpc) is 3.35. The number of ether oxygens (including phenoxy) is 2. The lowest BCUT2D eigenvalue weighted by molar-refractivity contribution is -0.137. The van der Waals surface area contributed by atoms with E-state index < -0.39 is 0 Å². The highest BCUT2D eigenvalue weighted by Crippen LogP contribution is 2.33. The van der Waals surface area contributed by atoms with Crippen molar-refractivity contribution in [2.75, 3.05) is 51.0 Å². The summed E-state index contributed by atoms with van der Waals surface area (Å²) < 4.78 is 13.6. The number of benzene rings is 1. The first-order chi connectivity index (χ1) is 16.9. The zero-order valence-corrected chi connectivity index (χ0v) is 20.4. The lowest BCUT2D eigenvalue weighted by Gasteiger charge is -2.40. The number of rotatable bonds is 5. The van der Waals surface area contributed by atoms with E-state index in [1.54, 1.807) is 4.57 Å². The van der Waals surface area contributed by atoms with Crippen LogP contribution in [0.25, 0.3) is 0 Å². The monoisotopic (exact) mass is 483 g/mol. The van der Waals surface area contributed by atoms with E-state index in [-0.39, 0.29) is 29.9 Å². The second-order valence-corrected chi connectivity index (χ2v) is 9.50. The molecule has 3 aliphatic heterocycles. The molecule has 0 unspecified atom stereocenters. The van der Waals surface area contributed by atoms with Crippen molar-refractivity contribution >= 4 is 11.7 Å². The molecule has 1 amide bonds. The number of carbonyl (C=O) groups excluding carboxylic acids is 1. The fraction of sp³-hybridized carbons (Fsp3) is 0.560. The van der Waals surface area contributed by atoms with Crippen LogP contribution in [-0.4, -0.2) is 70.9 Å². The number of nitrogens with zero attached hydrogens (tertiary/aromatic N) is 5. The molecule has 3 aliphatic rings. The summed E-state index contributed by atoms with van der Waals surface area (Å²) in [6, 6.07) is 7.57. The van der Waals surface area contributed by atoms with E-state index in [2.05, 4.69) is 11.0 Å². The smallest absolute Gasteiger partial charge is 0.332 e. The molecular weight excluding hydrogens is 450 g/mol. The Hall–Kier alpha value is -3.27. The van der Waals surface area contributed by atoms with Crippen LogP contribution >= 0.6 is 0 Å². The summed E-state index contributed by atoms with van der Waals surface area (Å²) in [6.45, 7) is 7.76. The van der Waals surface area contributed by atoms with Crippen molar-refractivity contribution in [3.8, 4) is 11.5 Å². The van der Waals surface area contributed by atoms with Crippen molar-refractivity contribution in [3.05, 3.63) is 50.7 Å². The van der Waals surface area contributed by atoms with Crippen molar-refractivity contribution in [2.45, 2.75) is 32.9 Å². The number of piperazine rings is 1. The zero-order valence-electron chi connectivity index (χ0n) is 20.4. The van der Waals surface area contributed by atoms with Gasteiger partial charge in [0.25, 0.3) is 5.56 Å². The predicted molar refractivity (Wildman–Crippen MR) is 131 cm³/mol. The van der Waals surface area contributed by atoms with E-state index >= 15 is 0 Å². The number of fused-ring (bicyclic) bond motifs is 1. The summed E-state index contributed by atoms with van der Waals surface area (Å²) in [7, 11) is 1.50. The van der Waals surface area contributed by atoms with Gasteiger partial charge in [0.05, 0.1) is 5.92 Å². The number of piperidine rings is 1. The molecule has 2 fully saturated rings. The Morgan fingerprint density at radius 2 is 1.80 bits per heavy atom. The molecular formula is C25H33N5O5. The number of carbonyl (C=O) groups is 1. The Labute approximate surface area is 204 Å². The van der Waals surface area contributed by atoms with E-state index in [1.807, 2.05) is 28.9 Å². The minimum absolute atomic E-state index is 0.131. The van der Waals surface area contributed by atoms with Crippen molar-refractivity contribution in [1.82, 2.24) is 18.9 Å². The molecule has 4 heterocycles. The second-order valence-electron chi connectivity index (χ2n) is 9.50. The summed E-state index contributed by atoms with van der Waals surface area (Å²) in [5.41, 5.74) is 0.539. The molecule has 5 rings (SSSR count). The van der Waals surface area contributed by atoms with Gasteiger partial charge < -0.3 is 19.3 Å². The van der Waals surface area contributed by atoms with Gasteiger partial charge in [-0.1, -0.05) is 6.07 Å². The van der Waals surface area contributed by atoms with Crippen LogP contribution in [0.1, 0.15) is 25.3 Å². The maximum atomic E-state index is 13.4. The Kier molecular flexibility index (Phi) is 6.55. The molecule has 2 aromatic rings. The molecule has 0 aliphatic carbocycles. The molecule has 1 aromatic heterocycles. The Balaban J connectivity index is 1.20. The molecule has 0 N–H and O–H groups in total. The highest BCUT2D eigenvalue weighted by molar-refractivity contribution is 5.80. The molecule has 0 radical (unpaired) electrons. The van der Waals surface area contributed by atoms with Crippen LogP contribution in [0.3, 0.4) is 0 Å². The Morgan fingerprint density at radius 1 is 1.03 bits per heavy atom. The molecule has 0 spiro atoms. The summed E-state index contributed by atoms with van der Waals surface area (Å²) >= 11 is 0.